The molecular weight excluding hydrogens is 272 g/mol. The number of ketones is 2. The highest BCUT2D eigenvalue weighted by molar-refractivity contribution is 5.96. The lowest BCUT2D eigenvalue weighted by atomic mass is 9.47. The van der Waals surface area contributed by atoms with Crippen molar-refractivity contribution in [2.45, 2.75) is 72.1 Å². The Morgan fingerprint density at radius 1 is 0.864 bits per heavy atom. The maximum Gasteiger partial charge on any atom is 0.158 e. The Kier molecular flexibility index (Phi) is 3.03. The Morgan fingerprint density at radius 2 is 1.59 bits per heavy atom. The van der Waals surface area contributed by atoms with Gasteiger partial charge in [-0.2, -0.15) is 0 Å². The lowest BCUT2D eigenvalue weighted by molar-refractivity contribution is -0.132. The highest BCUT2D eigenvalue weighted by Crippen LogP contribution is 2.64. The first-order valence-electron chi connectivity index (χ1n) is 9.14. The molecule has 0 radical (unpaired) electrons. The van der Waals surface area contributed by atoms with E-state index in [-0.39, 0.29) is 10.8 Å². The summed E-state index contributed by atoms with van der Waals surface area (Å²) in [5.41, 5.74) is 2.74. The van der Waals surface area contributed by atoms with E-state index in [9.17, 15) is 9.59 Å². The van der Waals surface area contributed by atoms with Gasteiger partial charge in [0.05, 0.1) is 0 Å². The van der Waals surface area contributed by atoms with Gasteiger partial charge in [0.1, 0.15) is 5.78 Å². The molecule has 0 aromatic carbocycles. The van der Waals surface area contributed by atoms with Crippen molar-refractivity contribution < 1.29 is 9.59 Å². The molecule has 0 amide bonds. The summed E-state index contributed by atoms with van der Waals surface area (Å²) >= 11 is 0. The van der Waals surface area contributed by atoms with Crippen LogP contribution in [0.25, 0.3) is 0 Å². The minimum atomic E-state index is -0.0295. The highest BCUT2D eigenvalue weighted by Gasteiger charge is 2.59. The lowest BCUT2D eigenvalue weighted by Gasteiger charge is -2.57. The molecule has 0 aliphatic heterocycles. The van der Waals surface area contributed by atoms with Crippen molar-refractivity contribution in [1.82, 2.24) is 0 Å². The summed E-state index contributed by atoms with van der Waals surface area (Å²) < 4.78 is 0. The van der Waals surface area contributed by atoms with Crippen molar-refractivity contribution in [3.05, 3.63) is 11.1 Å². The number of Topliss-reactive ketones (excluding diaryl/α,β-unsaturated/α-hetero) is 2. The fraction of sp³-hybridized carbons (Fsp3) is 0.800. The Morgan fingerprint density at radius 3 is 2.36 bits per heavy atom. The summed E-state index contributed by atoms with van der Waals surface area (Å²) in [6, 6.07) is 0. The van der Waals surface area contributed by atoms with Gasteiger partial charge in [0.25, 0.3) is 0 Å². The Balaban J connectivity index is 1.73. The van der Waals surface area contributed by atoms with Crippen LogP contribution in [0.5, 0.6) is 0 Å². The quantitative estimate of drug-likeness (QED) is 0.661. The van der Waals surface area contributed by atoms with Gasteiger partial charge in [-0.1, -0.05) is 19.4 Å². The van der Waals surface area contributed by atoms with Gasteiger partial charge in [-0.15, -0.1) is 0 Å². The average molecular weight is 300 g/mol. The molecule has 0 saturated heterocycles. The van der Waals surface area contributed by atoms with Crippen LogP contribution in [0, 0.1) is 28.6 Å². The molecule has 2 heteroatoms. The minimum Gasteiger partial charge on any atom is -0.299 e. The fourth-order valence-corrected chi connectivity index (χ4v) is 6.75. The first-order valence-corrected chi connectivity index (χ1v) is 9.14. The molecule has 120 valence electrons. The Bertz CT molecular complexity index is 587. The van der Waals surface area contributed by atoms with Gasteiger partial charge in [0.15, 0.2) is 5.78 Å². The summed E-state index contributed by atoms with van der Waals surface area (Å²) in [7, 11) is 0. The predicted molar refractivity (Wildman–Crippen MR) is 86.3 cm³/mol. The topological polar surface area (TPSA) is 34.1 Å². The van der Waals surface area contributed by atoms with Crippen molar-refractivity contribution in [2.24, 2.45) is 28.6 Å². The number of allylic oxidation sites excluding steroid dienone is 1. The van der Waals surface area contributed by atoms with Gasteiger partial charge in [-0.05, 0) is 74.2 Å². The SMILES string of the molecule is CC1=C2CCC3C(CC[C@]4(C)C(=O)CCC34)[C@@]2(C)CCC1=O. The third kappa shape index (κ3) is 1.67. The predicted octanol–water partition coefficient (Wildman–Crippen LogP) is 4.48. The summed E-state index contributed by atoms with van der Waals surface area (Å²) in [5, 5.41) is 0. The third-order valence-electron chi connectivity index (χ3n) is 8.12. The van der Waals surface area contributed by atoms with Crippen LogP contribution >= 0.6 is 0 Å². The van der Waals surface area contributed by atoms with E-state index in [1.807, 2.05) is 0 Å². The molecule has 4 rings (SSSR count). The van der Waals surface area contributed by atoms with E-state index in [1.165, 1.54) is 18.4 Å². The molecule has 0 spiro atoms. The zero-order chi connectivity index (χ0) is 15.7. The molecule has 4 aliphatic carbocycles. The first kappa shape index (κ1) is 14.7. The van der Waals surface area contributed by atoms with Crippen LogP contribution in [0.15, 0.2) is 11.1 Å². The normalized spacial score (nSPS) is 48.0. The second kappa shape index (κ2) is 4.55. The fourth-order valence-electron chi connectivity index (χ4n) is 6.75. The first-order chi connectivity index (χ1) is 10.4. The van der Waals surface area contributed by atoms with Gasteiger partial charge >= 0.3 is 0 Å². The van der Waals surface area contributed by atoms with Crippen LogP contribution in [0.4, 0.5) is 0 Å². The van der Waals surface area contributed by atoms with Crippen molar-refractivity contribution in [1.29, 1.82) is 0 Å². The zero-order valence-electron chi connectivity index (χ0n) is 14.2. The van der Waals surface area contributed by atoms with Crippen LogP contribution in [0.3, 0.4) is 0 Å². The third-order valence-corrected chi connectivity index (χ3v) is 8.12. The van der Waals surface area contributed by atoms with Crippen molar-refractivity contribution >= 4 is 11.6 Å². The molecule has 0 aromatic rings. The van der Waals surface area contributed by atoms with Crippen molar-refractivity contribution in [3.8, 4) is 0 Å². The van der Waals surface area contributed by atoms with Gasteiger partial charge in [0.2, 0.25) is 0 Å². The monoisotopic (exact) mass is 300 g/mol. The van der Waals surface area contributed by atoms with Gasteiger partial charge in [0, 0.05) is 18.3 Å². The van der Waals surface area contributed by atoms with Gasteiger partial charge in [-0.25, -0.2) is 0 Å². The molecule has 2 nitrogen and oxygen atoms in total. The smallest absolute Gasteiger partial charge is 0.158 e. The van der Waals surface area contributed by atoms with E-state index in [0.717, 1.165) is 44.1 Å². The van der Waals surface area contributed by atoms with E-state index in [4.69, 9.17) is 0 Å². The van der Waals surface area contributed by atoms with Crippen molar-refractivity contribution in [3.63, 3.8) is 0 Å². The van der Waals surface area contributed by atoms with Crippen LogP contribution in [-0.4, -0.2) is 11.6 Å². The maximum absolute atomic E-state index is 12.4. The molecule has 0 aromatic heterocycles. The number of hydrogen-bond donors (Lipinski definition) is 0. The van der Waals surface area contributed by atoms with Crippen LogP contribution in [0.1, 0.15) is 72.1 Å². The molecule has 22 heavy (non-hydrogen) atoms. The van der Waals surface area contributed by atoms with Crippen LogP contribution in [0.2, 0.25) is 0 Å². The molecule has 0 heterocycles. The summed E-state index contributed by atoms with van der Waals surface area (Å²) in [6.45, 7) is 6.72. The molecule has 3 unspecified atom stereocenters. The molecule has 5 atom stereocenters. The number of carbonyl (C=O) groups is 2. The largest absolute Gasteiger partial charge is 0.299 e. The molecular formula is C20H28O2. The molecule has 4 aliphatic rings. The molecule has 3 saturated carbocycles. The van der Waals surface area contributed by atoms with Crippen molar-refractivity contribution in [2.75, 3.05) is 0 Å². The Labute approximate surface area is 133 Å². The van der Waals surface area contributed by atoms with E-state index in [2.05, 4.69) is 20.8 Å². The van der Waals surface area contributed by atoms with E-state index >= 15 is 0 Å². The Hall–Kier alpha value is -0.920. The van der Waals surface area contributed by atoms with Gasteiger partial charge < -0.3 is 0 Å². The van der Waals surface area contributed by atoms with E-state index in [1.54, 1.807) is 0 Å². The summed E-state index contributed by atoms with van der Waals surface area (Å²) in [4.78, 5) is 24.5. The summed E-state index contributed by atoms with van der Waals surface area (Å²) in [6.07, 6.45) is 8.25. The van der Waals surface area contributed by atoms with E-state index in [0.29, 0.717) is 29.3 Å². The van der Waals surface area contributed by atoms with Gasteiger partial charge in [-0.3, -0.25) is 9.59 Å². The average Bonchev–Trinajstić information content (AvgIpc) is 2.79. The second-order valence-corrected chi connectivity index (χ2v) is 8.78. The highest BCUT2D eigenvalue weighted by atomic mass is 16.1. The maximum atomic E-state index is 12.4. The molecule has 0 bridgehead atoms. The second-order valence-electron chi connectivity index (χ2n) is 8.78. The molecule has 3 fully saturated rings. The number of carbonyl (C=O) groups excluding carboxylic acids is 2. The minimum absolute atomic E-state index is 0.0295. The number of rotatable bonds is 0. The van der Waals surface area contributed by atoms with Crippen LogP contribution in [-0.2, 0) is 9.59 Å². The number of fused-ring (bicyclic) bond motifs is 5. The zero-order valence-corrected chi connectivity index (χ0v) is 14.2. The standard InChI is InChI=1S/C20H28O2/c1-12-14-5-4-13-15-6-7-18(22)20(15,3)10-8-16(13)19(14,2)11-9-17(12)21/h13,15-16H,4-11H2,1-3H3/t13?,15?,16?,19-,20-/m0/s1. The van der Waals surface area contributed by atoms with E-state index < -0.39 is 0 Å². The number of hydrogen-bond acceptors (Lipinski definition) is 2. The summed E-state index contributed by atoms with van der Waals surface area (Å²) in [5.74, 6) is 2.92. The van der Waals surface area contributed by atoms with Crippen LogP contribution < -0.4 is 0 Å². The molecule has 0 N–H and O–H groups in total. The lowest BCUT2D eigenvalue weighted by Crippen LogP contribution is -2.51.